The highest BCUT2D eigenvalue weighted by Crippen LogP contribution is 2.30. The second-order valence-corrected chi connectivity index (χ2v) is 12.6. The maximum atomic E-state index is 13.7. The van der Waals surface area contributed by atoms with E-state index in [1.54, 1.807) is 48.1 Å². The number of nitrogens with one attached hydrogen (secondary N) is 1. The van der Waals surface area contributed by atoms with Gasteiger partial charge in [-0.15, -0.1) is 0 Å². The summed E-state index contributed by atoms with van der Waals surface area (Å²) in [6, 6.07) is 25.0. The highest BCUT2D eigenvalue weighted by molar-refractivity contribution is 7.89. The summed E-state index contributed by atoms with van der Waals surface area (Å²) in [5.74, 6) is -1.20. The lowest BCUT2D eigenvalue weighted by molar-refractivity contribution is -0.149. The van der Waals surface area contributed by atoms with Crippen molar-refractivity contribution in [2.24, 2.45) is 5.92 Å². The number of anilines is 1. The highest BCUT2D eigenvalue weighted by Gasteiger charge is 2.33. The summed E-state index contributed by atoms with van der Waals surface area (Å²) in [5.41, 5.74) is 3.54. The SMILES string of the molecule is CCOC(=O)C1CCN(S(=O)(=O)c2cccc(-c3nn(-c4ccccc4)cc3C=C(C#N)C(=O)Nc3ccc(C)cc3)c2)CC1. The van der Waals surface area contributed by atoms with Gasteiger partial charge in [0.25, 0.3) is 5.91 Å². The van der Waals surface area contributed by atoms with Crippen LogP contribution in [-0.4, -0.2) is 54.1 Å². The largest absolute Gasteiger partial charge is 0.466 e. The molecule has 10 nitrogen and oxygen atoms in total. The van der Waals surface area contributed by atoms with Crippen molar-refractivity contribution in [2.75, 3.05) is 25.0 Å². The average Bonchev–Trinajstić information content (AvgIpc) is 3.49. The van der Waals surface area contributed by atoms with E-state index in [1.807, 2.05) is 55.5 Å². The van der Waals surface area contributed by atoms with Gasteiger partial charge in [-0.05, 0) is 69.2 Å². The fourth-order valence-corrected chi connectivity index (χ4v) is 6.63. The summed E-state index contributed by atoms with van der Waals surface area (Å²) >= 11 is 0. The molecule has 1 fully saturated rings. The van der Waals surface area contributed by atoms with E-state index in [1.165, 1.54) is 16.4 Å². The Morgan fingerprint density at radius 2 is 1.76 bits per heavy atom. The van der Waals surface area contributed by atoms with Gasteiger partial charge < -0.3 is 10.1 Å². The Bertz CT molecular complexity index is 1870. The molecule has 11 heteroatoms. The minimum atomic E-state index is -3.88. The normalized spacial score (nSPS) is 14.5. The Hall–Kier alpha value is -5.05. The van der Waals surface area contributed by atoms with Gasteiger partial charge in [-0.1, -0.05) is 48.0 Å². The number of hydrogen-bond acceptors (Lipinski definition) is 7. The first-order valence-electron chi connectivity index (χ1n) is 14.6. The van der Waals surface area contributed by atoms with E-state index in [9.17, 15) is 23.3 Å². The Balaban J connectivity index is 1.48. The van der Waals surface area contributed by atoms with E-state index in [0.717, 1.165) is 11.3 Å². The molecule has 0 saturated carbocycles. The minimum Gasteiger partial charge on any atom is -0.466 e. The third kappa shape index (κ3) is 7.20. The van der Waals surface area contributed by atoms with E-state index in [-0.39, 0.29) is 42.1 Å². The molecule has 3 aromatic carbocycles. The van der Waals surface area contributed by atoms with Crippen molar-refractivity contribution in [1.82, 2.24) is 14.1 Å². The van der Waals surface area contributed by atoms with Crippen molar-refractivity contribution >= 4 is 33.7 Å². The van der Waals surface area contributed by atoms with Crippen molar-refractivity contribution in [2.45, 2.75) is 31.6 Å². The minimum absolute atomic E-state index is 0.0800. The van der Waals surface area contributed by atoms with Gasteiger partial charge in [0.1, 0.15) is 17.3 Å². The number of carbonyl (C=O) groups is 2. The molecule has 4 aromatic rings. The molecule has 1 aliphatic heterocycles. The van der Waals surface area contributed by atoms with Crippen LogP contribution in [0.4, 0.5) is 5.69 Å². The predicted molar refractivity (Wildman–Crippen MR) is 171 cm³/mol. The Kier molecular flexibility index (Phi) is 9.56. The molecular weight excluding hydrogens is 590 g/mol. The van der Waals surface area contributed by atoms with Gasteiger partial charge in [0, 0.05) is 36.1 Å². The molecule has 230 valence electrons. The van der Waals surface area contributed by atoms with Crippen LogP contribution in [0.2, 0.25) is 0 Å². The third-order valence-electron chi connectivity index (χ3n) is 7.56. The van der Waals surface area contributed by atoms with Gasteiger partial charge in [-0.3, -0.25) is 9.59 Å². The summed E-state index contributed by atoms with van der Waals surface area (Å²) < 4.78 is 35.5. The van der Waals surface area contributed by atoms with Crippen molar-refractivity contribution in [1.29, 1.82) is 5.26 Å². The van der Waals surface area contributed by atoms with Crippen LogP contribution in [0.15, 0.2) is 95.5 Å². The second kappa shape index (κ2) is 13.7. The molecule has 1 aromatic heterocycles. The number of amides is 1. The number of piperidine rings is 1. The van der Waals surface area contributed by atoms with E-state index < -0.39 is 15.9 Å². The molecule has 0 radical (unpaired) electrons. The van der Waals surface area contributed by atoms with Crippen molar-refractivity contribution in [3.05, 3.63) is 102 Å². The number of sulfonamides is 1. The number of hydrogen-bond donors (Lipinski definition) is 1. The lowest BCUT2D eigenvalue weighted by atomic mass is 9.98. The monoisotopic (exact) mass is 623 g/mol. The maximum absolute atomic E-state index is 13.7. The molecule has 0 aliphatic carbocycles. The Labute approximate surface area is 262 Å². The number of aromatic nitrogens is 2. The fourth-order valence-electron chi connectivity index (χ4n) is 5.11. The molecule has 1 N–H and O–H groups in total. The van der Waals surface area contributed by atoms with Crippen LogP contribution in [0.5, 0.6) is 0 Å². The van der Waals surface area contributed by atoms with E-state index in [4.69, 9.17) is 9.84 Å². The second-order valence-electron chi connectivity index (χ2n) is 10.7. The number of benzene rings is 3. The fraction of sp³-hybridized carbons (Fsp3) is 0.235. The molecule has 45 heavy (non-hydrogen) atoms. The first-order valence-corrected chi connectivity index (χ1v) is 16.1. The summed E-state index contributed by atoms with van der Waals surface area (Å²) in [7, 11) is -3.88. The van der Waals surface area contributed by atoms with Crippen molar-refractivity contribution in [3.8, 4) is 23.0 Å². The van der Waals surface area contributed by atoms with E-state index >= 15 is 0 Å². The van der Waals surface area contributed by atoms with Crippen LogP contribution in [-0.2, 0) is 24.3 Å². The van der Waals surface area contributed by atoms with Gasteiger partial charge in [-0.25, -0.2) is 13.1 Å². The van der Waals surface area contributed by atoms with Crippen LogP contribution in [0.1, 0.15) is 30.9 Å². The molecule has 0 bridgehead atoms. The zero-order valence-electron chi connectivity index (χ0n) is 25.0. The molecule has 5 rings (SSSR count). The standard InChI is InChI=1S/C34H33N5O5S/c1-3-44-34(41)25-16-18-38(19-17-25)45(42,43)31-11-7-8-26(21-31)32-28(23-39(37-32)30-9-5-4-6-10-30)20-27(22-35)33(40)36-29-14-12-24(2)13-15-29/h4-15,20-21,23,25H,3,16-19H2,1-2H3,(H,36,40). The highest BCUT2D eigenvalue weighted by atomic mass is 32.2. The van der Waals surface area contributed by atoms with Gasteiger partial charge in [0.2, 0.25) is 10.0 Å². The summed E-state index contributed by atoms with van der Waals surface area (Å²) in [6.45, 7) is 4.37. The quantitative estimate of drug-likeness (QED) is 0.151. The number of rotatable bonds is 9. The number of esters is 1. The predicted octanol–water partition coefficient (Wildman–Crippen LogP) is 5.36. The van der Waals surface area contributed by atoms with Crippen LogP contribution >= 0.6 is 0 Å². The first kappa shape index (κ1) is 31.4. The van der Waals surface area contributed by atoms with Crippen molar-refractivity contribution in [3.63, 3.8) is 0 Å². The smallest absolute Gasteiger partial charge is 0.309 e. The molecular formula is C34H33N5O5S. The summed E-state index contributed by atoms with van der Waals surface area (Å²) in [5, 5.41) is 17.4. The van der Waals surface area contributed by atoms with Crippen LogP contribution in [0, 0.1) is 24.2 Å². The molecule has 1 amide bonds. The lowest BCUT2D eigenvalue weighted by Gasteiger charge is -2.30. The molecule has 1 aliphatic rings. The van der Waals surface area contributed by atoms with Crippen LogP contribution in [0.25, 0.3) is 23.0 Å². The number of aryl methyl sites for hydroxylation is 1. The number of nitrogens with zero attached hydrogens (tertiary/aromatic N) is 4. The maximum Gasteiger partial charge on any atom is 0.309 e. The Morgan fingerprint density at radius 3 is 2.42 bits per heavy atom. The molecule has 2 heterocycles. The van der Waals surface area contributed by atoms with Gasteiger partial charge >= 0.3 is 5.97 Å². The van der Waals surface area contributed by atoms with Gasteiger partial charge in [-0.2, -0.15) is 14.7 Å². The van der Waals surface area contributed by atoms with E-state index in [0.29, 0.717) is 35.3 Å². The third-order valence-corrected chi connectivity index (χ3v) is 9.45. The topological polar surface area (TPSA) is 134 Å². The molecule has 1 saturated heterocycles. The van der Waals surface area contributed by atoms with E-state index in [2.05, 4.69) is 5.32 Å². The molecule has 0 spiro atoms. The zero-order chi connectivity index (χ0) is 32.0. The molecule has 0 atom stereocenters. The van der Waals surface area contributed by atoms with Crippen LogP contribution in [0.3, 0.4) is 0 Å². The molecule has 0 unspecified atom stereocenters. The van der Waals surface area contributed by atoms with Gasteiger partial charge in [0.15, 0.2) is 0 Å². The number of ether oxygens (including phenoxy) is 1. The average molecular weight is 624 g/mol. The zero-order valence-corrected chi connectivity index (χ0v) is 25.8. The van der Waals surface area contributed by atoms with Crippen LogP contribution < -0.4 is 5.32 Å². The van der Waals surface area contributed by atoms with Gasteiger partial charge in [0.05, 0.1) is 23.1 Å². The summed E-state index contributed by atoms with van der Waals surface area (Å²) in [4.78, 5) is 25.3. The summed E-state index contributed by atoms with van der Waals surface area (Å²) in [6.07, 6.45) is 3.92. The number of para-hydroxylation sites is 1. The van der Waals surface area contributed by atoms with Crippen molar-refractivity contribution < 1.29 is 22.7 Å². The first-order chi connectivity index (χ1) is 21.7. The number of carbonyl (C=O) groups excluding carboxylic acids is 2. The lowest BCUT2D eigenvalue weighted by Crippen LogP contribution is -2.40. The number of nitriles is 1. The Morgan fingerprint density at radius 1 is 1.04 bits per heavy atom.